The molecule has 1 aliphatic rings. The largest absolute Gasteiger partial charge is 0.365 e. The number of hydrogen-bond donors (Lipinski definition) is 0. The lowest BCUT2D eigenvalue weighted by Gasteiger charge is -2.32. The third-order valence-corrected chi connectivity index (χ3v) is 4.88. The summed E-state index contributed by atoms with van der Waals surface area (Å²) in [5, 5.41) is 0. The van der Waals surface area contributed by atoms with Crippen LogP contribution >= 0.6 is 0 Å². The molecule has 0 saturated heterocycles. The van der Waals surface area contributed by atoms with Crippen LogP contribution in [0.1, 0.15) is 38.4 Å². The zero-order valence-corrected chi connectivity index (χ0v) is 16.3. The summed E-state index contributed by atoms with van der Waals surface area (Å²) in [4.78, 5) is 24.0. The van der Waals surface area contributed by atoms with Crippen LogP contribution in [-0.2, 0) is 13.0 Å². The van der Waals surface area contributed by atoms with Gasteiger partial charge in [-0.2, -0.15) is 0 Å². The molecule has 0 N–H and O–H groups in total. The standard InChI is InChI=1S/C22H26N4O/c1-5-17(4)9-10-20(16(2)3)25-13-11-18-19(14-25)24-15-26(22(18)27)21-8-6-7-12-23-21/h6-10,12,15H,2,5,11,13-14H2,1,3-4H3/b17-9-,20-10+. The van der Waals surface area contributed by atoms with Crippen LogP contribution in [0.5, 0.6) is 0 Å². The van der Waals surface area contributed by atoms with E-state index < -0.39 is 0 Å². The number of rotatable bonds is 5. The SMILES string of the molecule is C=C(C)/C(=C\C=C(\C)CC)N1CCc2c(ncn(-c3ccccn3)c2=O)C1. The Labute approximate surface area is 160 Å². The number of pyridine rings is 1. The molecular weight excluding hydrogens is 336 g/mol. The molecule has 0 fully saturated rings. The molecule has 0 aliphatic carbocycles. The lowest BCUT2D eigenvalue weighted by molar-refractivity contribution is 0.320. The van der Waals surface area contributed by atoms with Crippen LogP contribution in [0.4, 0.5) is 0 Å². The summed E-state index contributed by atoms with van der Waals surface area (Å²) < 4.78 is 1.53. The van der Waals surface area contributed by atoms with Crippen LogP contribution < -0.4 is 5.56 Å². The Morgan fingerprint density at radius 3 is 2.74 bits per heavy atom. The van der Waals surface area contributed by atoms with Crippen molar-refractivity contribution >= 4 is 0 Å². The highest BCUT2D eigenvalue weighted by atomic mass is 16.1. The van der Waals surface area contributed by atoms with Gasteiger partial charge < -0.3 is 4.90 Å². The van der Waals surface area contributed by atoms with Crippen LogP contribution in [0.2, 0.25) is 0 Å². The van der Waals surface area contributed by atoms with Gasteiger partial charge in [0.05, 0.1) is 12.2 Å². The third kappa shape index (κ3) is 4.08. The summed E-state index contributed by atoms with van der Waals surface area (Å²) in [7, 11) is 0. The van der Waals surface area contributed by atoms with Gasteiger partial charge in [-0.3, -0.25) is 9.36 Å². The van der Waals surface area contributed by atoms with E-state index in [0.29, 0.717) is 18.8 Å². The van der Waals surface area contributed by atoms with Gasteiger partial charge in [-0.25, -0.2) is 9.97 Å². The molecule has 0 spiro atoms. The van der Waals surface area contributed by atoms with E-state index in [1.165, 1.54) is 10.1 Å². The highest BCUT2D eigenvalue weighted by Crippen LogP contribution is 2.22. The second-order valence-corrected chi connectivity index (χ2v) is 6.90. The molecule has 0 unspecified atom stereocenters. The fourth-order valence-corrected chi connectivity index (χ4v) is 3.14. The first-order chi connectivity index (χ1) is 13.0. The Morgan fingerprint density at radius 1 is 1.26 bits per heavy atom. The molecule has 140 valence electrons. The van der Waals surface area contributed by atoms with E-state index in [-0.39, 0.29) is 5.56 Å². The normalized spacial score (nSPS) is 14.9. The summed E-state index contributed by atoms with van der Waals surface area (Å²) in [6.45, 7) is 11.8. The Morgan fingerprint density at radius 2 is 2.07 bits per heavy atom. The van der Waals surface area contributed by atoms with Gasteiger partial charge >= 0.3 is 0 Å². The molecular formula is C22H26N4O. The molecule has 2 aromatic rings. The van der Waals surface area contributed by atoms with Crippen molar-refractivity contribution in [2.24, 2.45) is 0 Å². The zero-order chi connectivity index (χ0) is 19.4. The minimum atomic E-state index is -0.0269. The molecule has 0 atom stereocenters. The van der Waals surface area contributed by atoms with Gasteiger partial charge in [-0.05, 0) is 50.5 Å². The Hall–Kier alpha value is -2.95. The van der Waals surface area contributed by atoms with Crippen molar-refractivity contribution in [3.05, 3.63) is 87.9 Å². The molecule has 1 aliphatic heterocycles. The van der Waals surface area contributed by atoms with Crippen LogP contribution in [-0.4, -0.2) is 26.0 Å². The van der Waals surface area contributed by atoms with E-state index in [9.17, 15) is 4.79 Å². The Bertz CT molecular complexity index is 954. The average Bonchev–Trinajstić information content (AvgIpc) is 2.68. The van der Waals surface area contributed by atoms with Gasteiger partial charge in [0.25, 0.3) is 5.56 Å². The quantitative estimate of drug-likeness (QED) is 0.759. The number of fused-ring (bicyclic) bond motifs is 1. The maximum atomic E-state index is 12.9. The molecule has 2 aromatic heterocycles. The maximum absolute atomic E-state index is 12.9. The van der Waals surface area contributed by atoms with Crippen LogP contribution in [0.15, 0.2) is 71.1 Å². The molecule has 5 nitrogen and oxygen atoms in total. The zero-order valence-electron chi connectivity index (χ0n) is 16.3. The fraction of sp³-hybridized carbons (Fsp3) is 0.318. The highest BCUT2D eigenvalue weighted by molar-refractivity contribution is 5.33. The second-order valence-electron chi connectivity index (χ2n) is 6.90. The molecule has 3 heterocycles. The predicted molar refractivity (Wildman–Crippen MR) is 109 cm³/mol. The number of aromatic nitrogens is 3. The third-order valence-electron chi connectivity index (χ3n) is 4.88. The van der Waals surface area contributed by atoms with Gasteiger partial charge in [-0.15, -0.1) is 0 Å². The Kier molecular flexibility index (Phi) is 5.69. The molecule has 27 heavy (non-hydrogen) atoms. The first-order valence-electron chi connectivity index (χ1n) is 9.30. The van der Waals surface area contributed by atoms with E-state index >= 15 is 0 Å². The van der Waals surface area contributed by atoms with Gasteiger partial charge in [0.15, 0.2) is 0 Å². The maximum Gasteiger partial charge on any atom is 0.262 e. The molecule has 0 bridgehead atoms. The lowest BCUT2D eigenvalue weighted by Crippen LogP contribution is -2.36. The first-order valence-corrected chi connectivity index (χ1v) is 9.30. The van der Waals surface area contributed by atoms with Crippen molar-refractivity contribution < 1.29 is 0 Å². The monoisotopic (exact) mass is 362 g/mol. The molecule has 0 amide bonds. The summed E-state index contributed by atoms with van der Waals surface area (Å²) in [6, 6.07) is 5.51. The van der Waals surface area contributed by atoms with Crippen molar-refractivity contribution in [2.45, 2.75) is 40.2 Å². The summed E-state index contributed by atoms with van der Waals surface area (Å²) in [6.07, 6.45) is 9.22. The second kappa shape index (κ2) is 8.16. The number of allylic oxidation sites excluding steroid dienone is 4. The van der Waals surface area contributed by atoms with Gasteiger partial charge in [0.1, 0.15) is 12.1 Å². The molecule has 0 saturated carbocycles. The predicted octanol–water partition coefficient (Wildman–Crippen LogP) is 3.80. The summed E-state index contributed by atoms with van der Waals surface area (Å²) in [5.74, 6) is 0.600. The van der Waals surface area contributed by atoms with Gasteiger partial charge in [-0.1, -0.05) is 31.2 Å². The minimum Gasteiger partial charge on any atom is -0.365 e. The average molecular weight is 362 g/mol. The van der Waals surface area contributed by atoms with E-state index in [4.69, 9.17) is 0 Å². The van der Waals surface area contributed by atoms with Crippen molar-refractivity contribution in [1.82, 2.24) is 19.4 Å². The van der Waals surface area contributed by atoms with E-state index in [1.807, 2.05) is 25.1 Å². The van der Waals surface area contributed by atoms with Crippen molar-refractivity contribution in [3.63, 3.8) is 0 Å². The molecule has 3 rings (SSSR count). The van der Waals surface area contributed by atoms with Crippen LogP contribution in [0, 0.1) is 0 Å². The lowest BCUT2D eigenvalue weighted by atomic mass is 10.0. The first kappa shape index (κ1) is 18.8. The van der Waals surface area contributed by atoms with E-state index in [1.54, 1.807) is 12.5 Å². The molecule has 0 radical (unpaired) electrons. The Balaban J connectivity index is 1.92. The molecule has 5 heteroatoms. The van der Waals surface area contributed by atoms with Gasteiger partial charge in [0.2, 0.25) is 0 Å². The summed E-state index contributed by atoms with van der Waals surface area (Å²) >= 11 is 0. The number of hydrogen-bond acceptors (Lipinski definition) is 4. The van der Waals surface area contributed by atoms with Crippen molar-refractivity contribution in [3.8, 4) is 5.82 Å². The fourth-order valence-electron chi connectivity index (χ4n) is 3.14. The van der Waals surface area contributed by atoms with Gasteiger partial charge in [0, 0.05) is 24.0 Å². The van der Waals surface area contributed by atoms with Crippen molar-refractivity contribution in [1.29, 1.82) is 0 Å². The smallest absolute Gasteiger partial charge is 0.262 e. The van der Waals surface area contributed by atoms with E-state index in [2.05, 4.69) is 47.4 Å². The molecule has 0 aromatic carbocycles. The minimum absolute atomic E-state index is 0.0269. The van der Waals surface area contributed by atoms with Crippen LogP contribution in [0.3, 0.4) is 0 Å². The topological polar surface area (TPSA) is 51.0 Å². The highest BCUT2D eigenvalue weighted by Gasteiger charge is 2.23. The van der Waals surface area contributed by atoms with E-state index in [0.717, 1.165) is 35.5 Å². The number of nitrogens with zero attached hydrogens (tertiary/aromatic N) is 4. The summed E-state index contributed by atoms with van der Waals surface area (Å²) in [5.41, 5.74) is 5.02. The van der Waals surface area contributed by atoms with Crippen LogP contribution in [0.25, 0.3) is 5.82 Å². The van der Waals surface area contributed by atoms with Crippen molar-refractivity contribution in [2.75, 3.05) is 6.54 Å².